The Hall–Kier alpha value is -5.36. The van der Waals surface area contributed by atoms with E-state index in [0.717, 1.165) is 33.4 Å². The van der Waals surface area contributed by atoms with Gasteiger partial charge < -0.3 is 0 Å². The maximum atomic E-state index is 4.65. The number of rotatable bonds is 6. The molecule has 4 atom stereocenters. The molecule has 1 aliphatic carbocycles. The second-order valence-electron chi connectivity index (χ2n) is 11.1. The van der Waals surface area contributed by atoms with Crippen LogP contribution in [-0.2, 0) is 5.41 Å². The van der Waals surface area contributed by atoms with E-state index in [1.165, 1.54) is 11.1 Å². The van der Waals surface area contributed by atoms with Crippen LogP contribution < -0.4 is 0 Å². The summed E-state index contributed by atoms with van der Waals surface area (Å²) < 4.78 is 0. The number of hydrogen-bond acceptors (Lipinski definition) is 6. The zero-order valence-electron chi connectivity index (χ0n) is 23.8. The molecule has 6 aromatic heterocycles. The molecule has 0 radical (unpaired) electrons. The van der Waals surface area contributed by atoms with Crippen molar-refractivity contribution in [3.8, 4) is 0 Å². The van der Waals surface area contributed by atoms with Crippen LogP contribution in [0.15, 0.2) is 147 Å². The van der Waals surface area contributed by atoms with Gasteiger partial charge in [-0.25, -0.2) is 0 Å². The normalized spacial score (nSPS) is 21.8. The largest absolute Gasteiger partial charge is 0.264 e. The highest BCUT2D eigenvalue weighted by molar-refractivity contribution is 5.99. The van der Waals surface area contributed by atoms with Crippen LogP contribution in [-0.4, -0.2) is 29.9 Å². The molecule has 0 aromatic carbocycles. The van der Waals surface area contributed by atoms with E-state index in [4.69, 9.17) is 0 Å². The number of nitrogens with zero attached hydrogens (tertiary/aromatic N) is 6. The van der Waals surface area contributed by atoms with Gasteiger partial charge in [0.05, 0.1) is 0 Å². The van der Waals surface area contributed by atoms with E-state index in [-0.39, 0.29) is 17.8 Å². The van der Waals surface area contributed by atoms with Crippen molar-refractivity contribution in [2.75, 3.05) is 0 Å². The minimum Gasteiger partial charge on any atom is -0.264 e. The zero-order chi connectivity index (χ0) is 29.1. The highest BCUT2D eigenvalue weighted by Crippen LogP contribution is 2.66. The highest BCUT2D eigenvalue weighted by Gasteiger charge is 2.55. The summed E-state index contributed by atoms with van der Waals surface area (Å²) in [6, 6.07) is 25.2. The minimum atomic E-state index is -0.502. The Kier molecular flexibility index (Phi) is 7.09. The van der Waals surface area contributed by atoms with Gasteiger partial charge in [-0.05, 0) is 80.9 Å². The van der Waals surface area contributed by atoms with Gasteiger partial charge in [0, 0.05) is 97.5 Å². The van der Waals surface area contributed by atoms with Gasteiger partial charge in [-0.1, -0.05) is 43.3 Å². The van der Waals surface area contributed by atoms with Gasteiger partial charge in [0.2, 0.25) is 0 Å². The first-order valence-corrected chi connectivity index (χ1v) is 14.4. The fourth-order valence-corrected chi connectivity index (χ4v) is 7.12. The van der Waals surface area contributed by atoms with Crippen molar-refractivity contribution >= 4 is 11.1 Å². The van der Waals surface area contributed by atoms with Crippen molar-refractivity contribution < 1.29 is 0 Å². The topological polar surface area (TPSA) is 77.3 Å². The van der Waals surface area contributed by atoms with Gasteiger partial charge in [-0.2, -0.15) is 0 Å². The summed E-state index contributed by atoms with van der Waals surface area (Å²) in [6.45, 7) is 2.37. The van der Waals surface area contributed by atoms with E-state index in [1.54, 1.807) is 0 Å². The first-order chi connectivity index (χ1) is 21.3. The van der Waals surface area contributed by atoms with E-state index in [1.807, 2.05) is 111 Å². The molecule has 4 unspecified atom stereocenters. The van der Waals surface area contributed by atoms with E-state index < -0.39 is 5.41 Å². The first kappa shape index (κ1) is 26.5. The molecule has 7 rings (SSSR count). The molecule has 0 saturated carbocycles. The molecule has 0 saturated heterocycles. The Morgan fingerprint density at radius 1 is 0.465 bits per heavy atom. The molecule has 43 heavy (non-hydrogen) atoms. The fourth-order valence-electron chi connectivity index (χ4n) is 7.12. The Balaban J connectivity index is 1.70. The molecule has 6 aromatic rings. The third-order valence-corrected chi connectivity index (χ3v) is 8.80. The van der Waals surface area contributed by atoms with Crippen molar-refractivity contribution in [1.29, 1.82) is 0 Å². The van der Waals surface area contributed by atoms with Crippen LogP contribution in [0.25, 0.3) is 11.1 Å². The van der Waals surface area contributed by atoms with Crippen molar-refractivity contribution in [2.45, 2.75) is 30.1 Å². The van der Waals surface area contributed by atoms with Crippen LogP contribution in [0.5, 0.6) is 0 Å². The SMILES string of the molecule is CC1(c2cccnc2)C(c2cccnc2)C(c2cccnc2)=C(c2cccnc2)C(c2cccnc2)C1c1cccnc1. The molecule has 0 bridgehead atoms. The Morgan fingerprint density at radius 2 is 0.930 bits per heavy atom. The average Bonchev–Trinajstić information content (AvgIpc) is 3.10. The van der Waals surface area contributed by atoms with Crippen molar-refractivity contribution in [1.82, 2.24) is 29.9 Å². The quantitative estimate of drug-likeness (QED) is 0.214. The zero-order valence-corrected chi connectivity index (χ0v) is 23.8. The maximum absolute atomic E-state index is 4.65. The summed E-state index contributed by atoms with van der Waals surface area (Å²) in [5.74, 6) is -0.284. The number of pyridine rings is 6. The van der Waals surface area contributed by atoms with Gasteiger partial charge in [0.1, 0.15) is 0 Å². The predicted molar refractivity (Wildman–Crippen MR) is 168 cm³/mol. The van der Waals surface area contributed by atoms with Crippen LogP contribution in [0.2, 0.25) is 0 Å². The van der Waals surface area contributed by atoms with E-state index in [2.05, 4.69) is 73.2 Å². The molecular formula is C37H30N6. The third-order valence-electron chi connectivity index (χ3n) is 8.80. The van der Waals surface area contributed by atoms with Crippen molar-refractivity contribution in [3.63, 3.8) is 0 Å². The van der Waals surface area contributed by atoms with E-state index in [0.29, 0.717) is 0 Å². The highest BCUT2D eigenvalue weighted by atomic mass is 14.7. The fraction of sp³-hybridized carbons (Fsp3) is 0.135. The van der Waals surface area contributed by atoms with Crippen LogP contribution in [0, 0.1) is 0 Å². The third kappa shape index (κ3) is 4.71. The van der Waals surface area contributed by atoms with Gasteiger partial charge in [-0.3, -0.25) is 29.9 Å². The maximum Gasteiger partial charge on any atom is 0.0343 e. The minimum absolute atomic E-state index is 0.0598. The molecule has 0 fully saturated rings. The number of hydrogen-bond donors (Lipinski definition) is 0. The lowest BCUT2D eigenvalue weighted by molar-refractivity contribution is 0.314. The monoisotopic (exact) mass is 558 g/mol. The standard InChI is InChI=1S/C37H30N6/c1-37(31-13-7-19-43-25-31)35(29-11-5-17-41-23-29)33(27-9-3-15-39-21-27)32(26-8-2-14-38-20-26)34(28-10-4-16-40-22-28)36(37)30-12-6-18-42-24-30/h2-25,33,35-36H,1H3. The molecule has 1 aliphatic rings. The molecule has 6 heteroatoms. The molecular weight excluding hydrogens is 528 g/mol. The van der Waals surface area contributed by atoms with Crippen LogP contribution in [0.1, 0.15) is 58.1 Å². The molecule has 0 N–H and O–H groups in total. The first-order valence-electron chi connectivity index (χ1n) is 14.4. The second-order valence-corrected chi connectivity index (χ2v) is 11.1. The predicted octanol–water partition coefficient (Wildman–Crippen LogP) is 7.29. The Morgan fingerprint density at radius 3 is 1.42 bits per heavy atom. The van der Waals surface area contributed by atoms with E-state index in [9.17, 15) is 0 Å². The lowest BCUT2D eigenvalue weighted by Crippen LogP contribution is -2.44. The summed E-state index contributed by atoms with van der Waals surface area (Å²) in [4.78, 5) is 27.8. The van der Waals surface area contributed by atoms with Gasteiger partial charge in [0.25, 0.3) is 0 Å². The van der Waals surface area contributed by atoms with Crippen LogP contribution >= 0.6 is 0 Å². The lowest BCUT2D eigenvalue weighted by Gasteiger charge is -2.53. The molecule has 208 valence electrons. The number of aromatic nitrogens is 6. The lowest BCUT2D eigenvalue weighted by atomic mass is 9.48. The van der Waals surface area contributed by atoms with Gasteiger partial charge in [-0.15, -0.1) is 0 Å². The molecule has 6 heterocycles. The van der Waals surface area contributed by atoms with E-state index >= 15 is 0 Å². The molecule has 0 aliphatic heterocycles. The van der Waals surface area contributed by atoms with Gasteiger partial charge >= 0.3 is 0 Å². The summed E-state index contributed by atoms with van der Waals surface area (Å²) in [7, 11) is 0. The second kappa shape index (κ2) is 11.5. The van der Waals surface area contributed by atoms with Crippen LogP contribution in [0.3, 0.4) is 0 Å². The van der Waals surface area contributed by atoms with Crippen molar-refractivity contribution in [3.05, 3.63) is 181 Å². The summed E-state index contributed by atoms with van der Waals surface area (Å²) in [5, 5.41) is 0. The number of allylic oxidation sites excluding steroid dienone is 2. The van der Waals surface area contributed by atoms with Crippen LogP contribution in [0.4, 0.5) is 0 Å². The smallest absolute Gasteiger partial charge is 0.0343 e. The summed E-state index contributed by atoms with van der Waals surface area (Å²) >= 11 is 0. The Labute approximate surface area is 251 Å². The molecule has 0 amide bonds. The van der Waals surface area contributed by atoms with Gasteiger partial charge in [0.15, 0.2) is 0 Å². The molecule has 0 spiro atoms. The van der Waals surface area contributed by atoms with Crippen molar-refractivity contribution in [2.24, 2.45) is 0 Å². The average molecular weight is 559 g/mol. The summed E-state index contributed by atoms with van der Waals surface area (Å²) in [6.07, 6.45) is 23.0. The molecule has 6 nitrogen and oxygen atoms in total. The summed E-state index contributed by atoms with van der Waals surface area (Å²) in [5.41, 5.74) is 8.52. The Bertz CT molecular complexity index is 1820.